The fourth-order valence-electron chi connectivity index (χ4n) is 3.87. The van der Waals surface area contributed by atoms with Crippen molar-refractivity contribution >= 4 is 5.65 Å². The minimum absolute atomic E-state index is 0.249. The molecular weight excluding hydrogens is 367 g/mol. The van der Waals surface area contributed by atoms with E-state index in [-0.39, 0.29) is 5.82 Å². The molecule has 4 heterocycles. The van der Waals surface area contributed by atoms with Crippen LogP contribution in [0, 0.1) is 5.82 Å². The quantitative estimate of drug-likeness (QED) is 0.555. The van der Waals surface area contributed by atoms with E-state index in [0.717, 1.165) is 55.3 Å². The monoisotopic (exact) mass is 390 g/mol. The van der Waals surface area contributed by atoms with E-state index in [9.17, 15) is 4.39 Å². The zero-order valence-electron chi connectivity index (χ0n) is 16.1. The summed E-state index contributed by atoms with van der Waals surface area (Å²) in [6.07, 6.45) is 8.16. The Hall–Kier alpha value is -2.96. The molecule has 1 aliphatic heterocycles. The van der Waals surface area contributed by atoms with Crippen LogP contribution in [0.4, 0.5) is 4.39 Å². The van der Waals surface area contributed by atoms with Crippen LogP contribution in [0.15, 0.2) is 67.1 Å². The van der Waals surface area contributed by atoms with Gasteiger partial charge < -0.3 is 14.6 Å². The molecule has 1 saturated heterocycles. The molecule has 0 saturated carbocycles. The van der Waals surface area contributed by atoms with Crippen molar-refractivity contribution in [2.75, 3.05) is 13.2 Å². The summed E-state index contributed by atoms with van der Waals surface area (Å²) in [6, 6.07) is 15.2. The molecular formula is C23H23FN4O. The maximum Gasteiger partial charge on any atom is 0.149 e. The van der Waals surface area contributed by atoms with Crippen LogP contribution in [0.5, 0.6) is 0 Å². The Bertz CT molecular complexity index is 1100. The number of nitrogens with zero attached hydrogens (tertiary/aromatic N) is 3. The van der Waals surface area contributed by atoms with E-state index in [2.05, 4.69) is 28.0 Å². The molecule has 29 heavy (non-hydrogen) atoms. The number of hydrogen-bond acceptors (Lipinski definition) is 3. The highest BCUT2D eigenvalue weighted by Crippen LogP contribution is 2.28. The van der Waals surface area contributed by atoms with Crippen molar-refractivity contribution in [1.82, 2.24) is 19.3 Å². The normalized spacial score (nSPS) is 15.2. The van der Waals surface area contributed by atoms with Crippen LogP contribution >= 0.6 is 0 Å². The highest BCUT2D eigenvalue weighted by Gasteiger charge is 2.17. The molecule has 4 aromatic rings. The summed E-state index contributed by atoms with van der Waals surface area (Å²) >= 11 is 0. The van der Waals surface area contributed by atoms with Crippen LogP contribution < -0.4 is 5.32 Å². The topological polar surface area (TPSA) is 43.5 Å². The molecule has 0 atom stereocenters. The predicted molar refractivity (Wildman–Crippen MR) is 111 cm³/mol. The van der Waals surface area contributed by atoms with Gasteiger partial charge in [0.05, 0.1) is 0 Å². The number of aromatic nitrogens is 3. The molecule has 5 rings (SSSR count). The molecule has 0 amide bonds. The van der Waals surface area contributed by atoms with Crippen LogP contribution in [-0.4, -0.2) is 33.2 Å². The van der Waals surface area contributed by atoms with E-state index in [1.165, 1.54) is 17.7 Å². The van der Waals surface area contributed by atoms with Gasteiger partial charge in [-0.3, -0.25) is 4.40 Å². The second-order valence-electron chi connectivity index (χ2n) is 7.41. The summed E-state index contributed by atoms with van der Waals surface area (Å²) in [5.74, 6) is 0.696. The largest absolute Gasteiger partial charge is 0.381 e. The zero-order chi connectivity index (χ0) is 19.6. The van der Waals surface area contributed by atoms with Crippen LogP contribution in [0.3, 0.4) is 0 Å². The third-order valence-electron chi connectivity index (χ3n) is 5.45. The molecule has 0 bridgehead atoms. The first-order valence-electron chi connectivity index (χ1n) is 9.99. The third kappa shape index (κ3) is 3.69. The number of pyridine rings is 1. The standard InChI is InChI=1S/C23H23FN4O/c24-19-5-3-18(4-6-19)22-23(27-10-1-2-11-27)28-12-7-17(15-21(28)26-22)16-25-20-8-13-29-14-9-20/h1-7,10-12,15,20,25H,8-9,13-14,16H2. The first kappa shape index (κ1) is 18.1. The van der Waals surface area contributed by atoms with Gasteiger partial charge in [0.15, 0.2) is 0 Å². The van der Waals surface area contributed by atoms with Crippen LogP contribution in [0.2, 0.25) is 0 Å². The number of benzene rings is 1. The maximum atomic E-state index is 13.4. The fourth-order valence-corrected chi connectivity index (χ4v) is 3.87. The van der Waals surface area contributed by atoms with E-state index in [4.69, 9.17) is 9.72 Å². The molecule has 1 aliphatic rings. The van der Waals surface area contributed by atoms with E-state index >= 15 is 0 Å². The molecule has 0 radical (unpaired) electrons. The lowest BCUT2D eigenvalue weighted by Gasteiger charge is -2.23. The van der Waals surface area contributed by atoms with Gasteiger partial charge in [0.25, 0.3) is 0 Å². The lowest BCUT2D eigenvalue weighted by molar-refractivity contribution is 0.0776. The van der Waals surface area contributed by atoms with Crippen molar-refractivity contribution in [3.63, 3.8) is 0 Å². The molecule has 5 nitrogen and oxygen atoms in total. The van der Waals surface area contributed by atoms with Crippen molar-refractivity contribution in [1.29, 1.82) is 0 Å². The SMILES string of the molecule is Fc1ccc(-c2nc3cc(CNC4CCOCC4)ccn3c2-n2cccc2)cc1. The number of ether oxygens (including phenoxy) is 1. The summed E-state index contributed by atoms with van der Waals surface area (Å²) in [6.45, 7) is 2.47. The Morgan fingerprint density at radius 2 is 1.79 bits per heavy atom. The summed E-state index contributed by atoms with van der Waals surface area (Å²) in [4.78, 5) is 4.90. The number of nitrogens with one attached hydrogen (secondary N) is 1. The summed E-state index contributed by atoms with van der Waals surface area (Å²) in [5, 5.41) is 3.63. The van der Waals surface area contributed by atoms with Gasteiger partial charge in [-0.05, 0) is 66.9 Å². The van der Waals surface area contributed by atoms with Gasteiger partial charge in [-0.15, -0.1) is 0 Å². The van der Waals surface area contributed by atoms with Crippen LogP contribution in [0.1, 0.15) is 18.4 Å². The fraction of sp³-hybridized carbons (Fsp3) is 0.261. The van der Waals surface area contributed by atoms with E-state index in [0.29, 0.717) is 6.04 Å². The lowest BCUT2D eigenvalue weighted by atomic mass is 10.1. The highest BCUT2D eigenvalue weighted by atomic mass is 19.1. The van der Waals surface area contributed by atoms with Crippen molar-refractivity contribution in [2.45, 2.75) is 25.4 Å². The van der Waals surface area contributed by atoms with E-state index in [1.54, 1.807) is 12.1 Å². The van der Waals surface area contributed by atoms with Gasteiger partial charge in [0.1, 0.15) is 23.0 Å². The van der Waals surface area contributed by atoms with Crippen molar-refractivity contribution in [2.24, 2.45) is 0 Å². The molecule has 1 fully saturated rings. The van der Waals surface area contributed by atoms with E-state index in [1.807, 2.05) is 29.1 Å². The van der Waals surface area contributed by atoms with E-state index < -0.39 is 0 Å². The lowest BCUT2D eigenvalue weighted by Crippen LogP contribution is -2.34. The minimum Gasteiger partial charge on any atom is -0.381 e. The predicted octanol–water partition coefficient (Wildman–Crippen LogP) is 4.20. The number of halogens is 1. The van der Waals surface area contributed by atoms with Crippen molar-refractivity contribution in [3.8, 4) is 17.1 Å². The van der Waals surface area contributed by atoms with Gasteiger partial charge in [-0.2, -0.15) is 0 Å². The second-order valence-corrected chi connectivity index (χ2v) is 7.41. The first-order chi connectivity index (χ1) is 14.3. The number of rotatable bonds is 5. The van der Waals surface area contributed by atoms with Crippen LogP contribution in [-0.2, 0) is 11.3 Å². The molecule has 0 aliphatic carbocycles. The molecule has 1 N–H and O–H groups in total. The molecule has 1 aromatic carbocycles. The minimum atomic E-state index is -0.249. The molecule has 0 unspecified atom stereocenters. The Morgan fingerprint density at radius 1 is 1.03 bits per heavy atom. The van der Waals surface area contributed by atoms with Gasteiger partial charge in [0, 0.05) is 50.0 Å². The third-order valence-corrected chi connectivity index (χ3v) is 5.45. The molecule has 3 aromatic heterocycles. The first-order valence-corrected chi connectivity index (χ1v) is 9.99. The average molecular weight is 390 g/mol. The molecule has 0 spiro atoms. The summed E-state index contributed by atoms with van der Waals surface area (Å²) in [5.41, 5.74) is 3.79. The van der Waals surface area contributed by atoms with Gasteiger partial charge in [0.2, 0.25) is 0 Å². The molecule has 6 heteroatoms. The second kappa shape index (κ2) is 7.81. The summed E-state index contributed by atoms with van der Waals surface area (Å²) < 4.78 is 23.0. The van der Waals surface area contributed by atoms with Gasteiger partial charge in [-0.25, -0.2) is 9.37 Å². The Kier molecular flexibility index (Phi) is 4.87. The Balaban J connectivity index is 1.51. The maximum absolute atomic E-state index is 13.4. The van der Waals surface area contributed by atoms with Crippen LogP contribution in [0.25, 0.3) is 22.7 Å². The van der Waals surface area contributed by atoms with Gasteiger partial charge >= 0.3 is 0 Å². The van der Waals surface area contributed by atoms with Crippen molar-refractivity contribution in [3.05, 3.63) is 78.5 Å². The number of fused-ring (bicyclic) bond motifs is 1. The van der Waals surface area contributed by atoms with Crippen molar-refractivity contribution < 1.29 is 9.13 Å². The summed E-state index contributed by atoms with van der Waals surface area (Å²) in [7, 11) is 0. The molecule has 148 valence electrons. The Labute approximate surface area is 168 Å². The zero-order valence-corrected chi connectivity index (χ0v) is 16.1. The highest BCUT2D eigenvalue weighted by molar-refractivity contribution is 5.72. The average Bonchev–Trinajstić information content (AvgIpc) is 3.41. The Morgan fingerprint density at radius 3 is 2.55 bits per heavy atom. The smallest absolute Gasteiger partial charge is 0.149 e. The van der Waals surface area contributed by atoms with Gasteiger partial charge in [-0.1, -0.05) is 0 Å². The number of hydrogen-bond donors (Lipinski definition) is 1. The number of imidazole rings is 1.